The highest BCUT2D eigenvalue weighted by molar-refractivity contribution is 5.88. The smallest absolute Gasteiger partial charge is 0.244 e. The second-order valence-electron chi connectivity index (χ2n) is 14.0. The van der Waals surface area contributed by atoms with Crippen LogP contribution >= 0.6 is 0 Å². The number of likely N-dealkylation sites (N-methyl/N-ethyl adjacent to an activating group) is 1. The number of methoxy groups -OCH3 is 2. The molecule has 10 atom stereocenters. The van der Waals surface area contributed by atoms with Crippen LogP contribution in [-0.4, -0.2) is 103 Å². The predicted octanol–water partition coefficient (Wildman–Crippen LogP) is 3.94. The second kappa shape index (κ2) is 19.2. The Morgan fingerprint density at radius 3 is 2.08 bits per heavy atom. The number of hydrogen-bond acceptors (Lipinski definition) is 7. The molecule has 1 aromatic rings. The van der Waals surface area contributed by atoms with E-state index in [4.69, 9.17) is 9.47 Å². The molecule has 0 saturated carbocycles. The number of nitrogens with zero attached hydrogens (tertiary/aromatic N) is 2. The van der Waals surface area contributed by atoms with Crippen molar-refractivity contribution in [2.75, 3.05) is 27.8 Å². The number of rotatable bonds is 18. The lowest BCUT2D eigenvalue weighted by Gasteiger charge is -2.40. The molecule has 1 heterocycles. The highest BCUT2D eigenvalue weighted by Gasteiger charge is 2.42. The zero-order chi connectivity index (χ0) is 36.3. The number of ether oxygens (including phenoxy) is 2. The first-order valence-electron chi connectivity index (χ1n) is 17.6. The summed E-state index contributed by atoms with van der Waals surface area (Å²) >= 11 is 0. The molecule has 1 aliphatic heterocycles. The van der Waals surface area contributed by atoms with Crippen molar-refractivity contribution in [3.8, 4) is 0 Å². The van der Waals surface area contributed by atoms with Crippen LogP contribution in [0.4, 0.5) is 0 Å². The largest absolute Gasteiger partial charge is 0.386 e. The first-order chi connectivity index (χ1) is 22.6. The van der Waals surface area contributed by atoms with E-state index in [0.29, 0.717) is 18.5 Å². The fraction of sp³-hybridized carbons (Fsp3) is 0.730. The topological polar surface area (TPSA) is 138 Å². The minimum atomic E-state index is -0.870. The second-order valence-corrected chi connectivity index (χ2v) is 14.0. The summed E-state index contributed by atoms with van der Waals surface area (Å²) in [4.78, 5) is 57.1. The third-order valence-corrected chi connectivity index (χ3v) is 10.4. The number of aliphatic hydroxyl groups is 1. The number of hydrogen-bond donors (Lipinski definition) is 3. The molecule has 1 aliphatic rings. The Morgan fingerprint density at radius 2 is 1.54 bits per heavy atom. The lowest BCUT2D eigenvalue weighted by molar-refractivity contribution is -0.147. The summed E-state index contributed by atoms with van der Waals surface area (Å²) in [7, 11) is 4.81. The standard InChI is InChI=1S/C37H62N4O7/c1-12-23(4)32(40(9)37(46)27(8)39-35(44)24(5)22(2)3)30(47-10)21-31(42)41-20-16-19-29(41)34(48-11)25(6)36(45)38-26(7)33(43)28-17-14-13-15-18-28/h13-15,17-18,22-27,29-30,32-34,43H,12,16,19-21H2,1-11H3,(H,38,45)(H,39,44)/t23-,24-,25+,26+,27-,29-,30+,32-,33-,34+/m0/s1. The van der Waals surface area contributed by atoms with E-state index >= 15 is 0 Å². The van der Waals surface area contributed by atoms with E-state index in [9.17, 15) is 24.3 Å². The third kappa shape index (κ3) is 10.5. The number of benzene rings is 1. The highest BCUT2D eigenvalue weighted by Crippen LogP contribution is 2.30. The van der Waals surface area contributed by atoms with Gasteiger partial charge < -0.3 is 35.0 Å². The Labute approximate surface area is 288 Å². The third-order valence-electron chi connectivity index (χ3n) is 10.4. The van der Waals surface area contributed by atoms with E-state index in [-0.39, 0.29) is 53.8 Å². The monoisotopic (exact) mass is 674 g/mol. The van der Waals surface area contributed by atoms with E-state index < -0.39 is 42.4 Å². The molecule has 0 spiro atoms. The van der Waals surface area contributed by atoms with Crippen LogP contribution in [0, 0.1) is 23.7 Å². The van der Waals surface area contributed by atoms with E-state index in [1.165, 1.54) is 0 Å². The zero-order valence-corrected chi connectivity index (χ0v) is 31.1. The molecule has 2 rings (SSSR count). The van der Waals surface area contributed by atoms with Crippen molar-refractivity contribution in [1.29, 1.82) is 0 Å². The maximum atomic E-state index is 14.0. The van der Waals surface area contributed by atoms with Crippen molar-refractivity contribution in [3.63, 3.8) is 0 Å². The molecule has 4 amide bonds. The van der Waals surface area contributed by atoms with Gasteiger partial charge in [0.1, 0.15) is 6.04 Å². The summed E-state index contributed by atoms with van der Waals surface area (Å²) < 4.78 is 11.8. The Bertz CT molecular complexity index is 1180. The molecule has 0 aromatic heterocycles. The summed E-state index contributed by atoms with van der Waals surface area (Å²) in [6.07, 6.45) is 0.218. The lowest BCUT2D eigenvalue weighted by Crippen LogP contribution is -2.56. The maximum Gasteiger partial charge on any atom is 0.244 e. The fourth-order valence-corrected chi connectivity index (χ4v) is 6.69. The average Bonchev–Trinajstić information content (AvgIpc) is 3.56. The first-order valence-corrected chi connectivity index (χ1v) is 17.6. The van der Waals surface area contributed by atoms with Gasteiger partial charge in [0, 0.05) is 33.7 Å². The van der Waals surface area contributed by atoms with Crippen molar-refractivity contribution in [1.82, 2.24) is 20.4 Å². The Morgan fingerprint density at radius 1 is 0.938 bits per heavy atom. The van der Waals surface area contributed by atoms with Crippen LogP contribution < -0.4 is 10.6 Å². The van der Waals surface area contributed by atoms with Crippen molar-refractivity contribution < 1.29 is 33.8 Å². The first kappa shape index (κ1) is 41.2. The van der Waals surface area contributed by atoms with Crippen molar-refractivity contribution in [2.45, 2.75) is 124 Å². The molecule has 1 saturated heterocycles. The minimum Gasteiger partial charge on any atom is -0.386 e. The SMILES string of the molecule is CC[C@H](C)[C@@H]([C@@H](CC(=O)N1CCC[C@H]1[C@H](OC)[C@@H](C)C(=O)N[C@H](C)[C@H](O)c1ccccc1)OC)N(C)C(=O)[C@H](C)NC(=O)[C@@H](C)C(C)C. The Hall–Kier alpha value is -3.02. The highest BCUT2D eigenvalue weighted by atomic mass is 16.5. The summed E-state index contributed by atoms with van der Waals surface area (Å²) in [5.74, 6) is -1.49. The van der Waals surface area contributed by atoms with Crippen molar-refractivity contribution in [2.24, 2.45) is 23.7 Å². The van der Waals surface area contributed by atoms with Crippen LogP contribution in [0.25, 0.3) is 0 Å². The normalized spacial score (nSPS) is 20.5. The summed E-state index contributed by atoms with van der Waals surface area (Å²) in [6, 6.07) is 7.17. The Kier molecular flexibility index (Phi) is 16.5. The maximum absolute atomic E-state index is 14.0. The van der Waals surface area contributed by atoms with E-state index in [1.54, 1.807) is 51.8 Å². The summed E-state index contributed by atoms with van der Waals surface area (Å²) in [5, 5.41) is 16.6. The van der Waals surface area contributed by atoms with Gasteiger partial charge in [-0.2, -0.15) is 0 Å². The van der Waals surface area contributed by atoms with Gasteiger partial charge in [0.15, 0.2) is 0 Å². The Balaban J connectivity index is 2.17. The number of amides is 4. The van der Waals surface area contributed by atoms with Crippen LogP contribution in [0.5, 0.6) is 0 Å². The van der Waals surface area contributed by atoms with Gasteiger partial charge in [-0.25, -0.2) is 0 Å². The summed E-state index contributed by atoms with van der Waals surface area (Å²) in [6.45, 7) is 15.6. The number of nitrogens with one attached hydrogen (secondary N) is 2. The molecular weight excluding hydrogens is 612 g/mol. The van der Waals surface area contributed by atoms with Crippen LogP contribution in [0.3, 0.4) is 0 Å². The molecule has 1 fully saturated rings. The van der Waals surface area contributed by atoms with Crippen molar-refractivity contribution in [3.05, 3.63) is 35.9 Å². The van der Waals surface area contributed by atoms with Gasteiger partial charge in [-0.05, 0) is 44.1 Å². The average molecular weight is 675 g/mol. The van der Waals surface area contributed by atoms with Gasteiger partial charge in [-0.1, -0.05) is 78.3 Å². The van der Waals surface area contributed by atoms with Gasteiger partial charge in [0.25, 0.3) is 0 Å². The molecule has 0 unspecified atom stereocenters. The number of carbonyl (C=O) groups is 4. The number of carbonyl (C=O) groups excluding carboxylic acids is 4. The summed E-state index contributed by atoms with van der Waals surface area (Å²) in [5.41, 5.74) is 0.712. The number of likely N-dealkylation sites (tertiary alicyclic amines) is 1. The van der Waals surface area contributed by atoms with Crippen LogP contribution in [0.2, 0.25) is 0 Å². The van der Waals surface area contributed by atoms with Gasteiger partial charge in [0.2, 0.25) is 23.6 Å². The van der Waals surface area contributed by atoms with Gasteiger partial charge in [-0.3, -0.25) is 19.2 Å². The molecule has 3 N–H and O–H groups in total. The number of aliphatic hydroxyl groups excluding tert-OH is 1. The lowest BCUT2D eigenvalue weighted by atomic mass is 9.90. The molecule has 0 bridgehead atoms. The molecule has 1 aromatic carbocycles. The van der Waals surface area contributed by atoms with Crippen molar-refractivity contribution >= 4 is 23.6 Å². The minimum absolute atomic E-state index is 0.00670. The predicted molar refractivity (Wildman–Crippen MR) is 187 cm³/mol. The zero-order valence-electron chi connectivity index (χ0n) is 31.1. The molecular formula is C37H62N4O7. The molecule has 0 aliphatic carbocycles. The van der Waals surface area contributed by atoms with Gasteiger partial charge in [-0.15, -0.1) is 0 Å². The van der Waals surface area contributed by atoms with Gasteiger partial charge >= 0.3 is 0 Å². The molecule has 272 valence electrons. The molecule has 11 nitrogen and oxygen atoms in total. The molecule has 0 radical (unpaired) electrons. The van der Waals surface area contributed by atoms with E-state index in [2.05, 4.69) is 10.6 Å². The van der Waals surface area contributed by atoms with Crippen LogP contribution in [0.15, 0.2) is 30.3 Å². The molecule has 11 heteroatoms. The van der Waals surface area contributed by atoms with Gasteiger partial charge in [0.05, 0.1) is 48.8 Å². The van der Waals surface area contributed by atoms with Crippen LogP contribution in [0.1, 0.15) is 92.7 Å². The van der Waals surface area contributed by atoms with E-state index in [0.717, 1.165) is 12.8 Å². The van der Waals surface area contributed by atoms with E-state index in [1.807, 2.05) is 65.0 Å². The fourth-order valence-electron chi connectivity index (χ4n) is 6.69. The molecule has 48 heavy (non-hydrogen) atoms. The van der Waals surface area contributed by atoms with Crippen LogP contribution in [-0.2, 0) is 28.7 Å². The quantitative estimate of drug-likeness (QED) is 0.215.